The van der Waals surface area contributed by atoms with E-state index >= 15 is 0 Å². The smallest absolute Gasteiger partial charge is 0.266 e. The molecule has 0 bridgehead atoms. The summed E-state index contributed by atoms with van der Waals surface area (Å²) in [5, 5.41) is 12.8. The highest BCUT2D eigenvalue weighted by Gasteiger charge is 2.13. The van der Waals surface area contributed by atoms with Gasteiger partial charge in [-0.05, 0) is 60.2 Å². The van der Waals surface area contributed by atoms with E-state index in [1.54, 1.807) is 42.5 Å². The molecule has 0 unspecified atom stereocenters. The zero-order valence-corrected chi connectivity index (χ0v) is 18.9. The third-order valence-electron chi connectivity index (χ3n) is 4.12. The minimum atomic E-state index is -0.606. The number of nitriles is 1. The van der Waals surface area contributed by atoms with Gasteiger partial charge in [-0.25, -0.2) is 4.39 Å². The predicted octanol–water partition coefficient (Wildman–Crippen LogP) is 7.02. The molecule has 4 nitrogen and oxygen atoms in total. The summed E-state index contributed by atoms with van der Waals surface area (Å²) in [6.07, 6.45) is 1.43. The van der Waals surface area contributed by atoms with Crippen molar-refractivity contribution in [3.63, 3.8) is 0 Å². The molecule has 0 fully saturated rings. The van der Waals surface area contributed by atoms with Crippen molar-refractivity contribution in [3.8, 4) is 11.8 Å². The lowest BCUT2D eigenvalue weighted by Gasteiger charge is -2.11. The van der Waals surface area contributed by atoms with Crippen molar-refractivity contribution < 1.29 is 13.9 Å². The van der Waals surface area contributed by atoms with E-state index < -0.39 is 5.91 Å². The van der Waals surface area contributed by atoms with Gasteiger partial charge in [0, 0.05) is 15.7 Å². The van der Waals surface area contributed by atoms with E-state index in [0.29, 0.717) is 22.0 Å². The Hall–Kier alpha value is -2.85. The lowest BCUT2D eigenvalue weighted by atomic mass is 10.1. The minimum Gasteiger partial charge on any atom is -0.488 e. The average molecular weight is 520 g/mol. The highest BCUT2D eigenvalue weighted by molar-refractivity contribution is 9.10. The Morgan fingerprint density at radius 2 is 1.84 bits per heavy atom. The van der Waals surface area contributed by atoms with Gasteiger partial charge in [0.05, 0.1) is 10.0 Å². The van der Waals surface area contributed by atoms with Gasteiger partial charge in [-0.3, -0.25) is 4.79 Å². The number of nitrogens with zero attached hydrogens (tertiary/aromatic N) is 1. The maximum atomic E-state index is 13.1. The summed E-state index contributed by atoms with van der Waals surface area (Å²) in [6.45, 7) is 0.195. The van der Waals surface area contributed by atoms with Crippen LogP contribution in [0.1, 0.15) is 11.1 Å². The summed E-state index contributed by atoms with van der Waals surface area (Å²) in [4.78, 5) is 12.6. The van der Waals surface area contributed by atoms with Crippen LogP contribution in [0.25, 0.3) is 6.08 Å². The van der Waals surface area contributed by atoms with E-state index in [1.807, 2.05) is 6.07 Å². The first kappa shape index (κ1) is 22.8. The largest absolute Gasteiger partial charge is 0.488 e. The second-order valence-electron chi connectivity index (χ2n) is 6.35. The van der Waals surface area contributed by atoms with Crippen LogP contribution in [0.15, 0.2) is 70.7 Å². The highest BCUT2D eigenvalue weighted by Crippen LogP contribution is 2.28. The Bertz CT molecular complexity index is 1190. The van der Waals surface area contributed by atoms with Gasteiger partial charge in [-0.15, -0.1) is 0 Å². The van der Waals surface area contributed by atoms with E-state index in [4.69, 9.17) is 27.9 Å². The molecule has 0 spiro atoms. The maximum Gasteiger partial charge on any atom is 0.266 e. The second kappa shape index (κ2) is 10.5. The van der Waals surface area contributed by atoms with Crippen LogP contribution in [0.3, 0.4) is 0 Å². The zero-order valence-electron chi connectivity index (χ0n) is 15.8. The Morgan fingerprint density at radius 1 is 1.10 bits per heavy atom. The number of benzene rings is 3. The molecule has 31 heavy (non-hydrogen) atoms. The quantitative estimate of drug-likeness (QED) is 0.281. The number of hydrogen-bond acceptors (Lipinski definition) is 3. The first-order chi connectivity index (χ1) is 14.9. The molecule has 8 heteroatoms. The van der Waals surface area contributed by atoms with Crippen molar-refractivity contribution in [2.24, 2.45) is 0 Å². The molecule has 0 saturated heterocycles. The molecule has 3 rings (SSSR count). The minimum absolute atomic E-state index is 0.129. The summed E-state index contributed by atoms with van der Waals surface area (Å²) in [5.74, 6) is -0.476. The fraction of sp³-hybridized carbons (Fsp3) is 0.0435. The summed E-state index contributed by atoms with van der Waals surface area (Å²) in [7, 11) is 0. The molecule has 0 heterocycles. The molecule has 3 aromatic carbocycles. The van der Waals surface area contributed by atoms with Crippen molar-refractivity contribution >= 4 is 56.8 Å². The number of carbonyl (C=O) groups is 1. The van der Waals surface area contributed by atoms with Crippen LogP contribution >= 0.6 is 39.1 Å². The molecule has 156 valence electrons. The molecule has 0 aliphatic heterocycles. The highest BCUT2D eigenvalue weighted by atomic mass is 79.9. The van der Waals surface area contributed by atoms with Crippen LogP contribution in [-0.2, 0) is 11.4 Å². The lowest BCUT2D eigenvalue weighted by molar-refractivity contribution is -0.112. The van der Waals surface area contributed by atoms with Gasteiger partial charge in [0.1, 0.15) is 29.8 Å². The van der Waals surface area contributed by atoms with Crippen LogP contribution in [0.4, 0.5) is 10.1 Å². The van der Waals surface area contributed by atoms with Crippen molar-refractivity contribution in [2.45, 2.75) is 6.61 Å². The fourth-order valence-electron chi connectivity index (χ4n) is 2.58. The molecule has 0 aliphatic carbocycles. The van der Waals surface area contributed by atoms with Crippen LogP contribution in [0, 0.1) is 17.1 Å². The zero-order chi connectivity index (χ0) is 22.4. The molecule has 0 atom stereocenters. The number of anilines is 1. The molecule has 3 aromatic rings. The average Bonchev–Trinajstić information content (AvgIpc) is 2.75. The van der Waals surface area contributed by atoms with E-state index in [2.05, 4.69) is 21.2 Å². The molecular weight excluding hydrogens is 506 g/mol. The van der Waals surface area contributed by atoms with Crippen LogP contribution < -0.4 is 10.1 Å². The monoisotopic (exact) mass is 518 g/mol. The van der Waals surface area contributed by atoms with E-state index in [0.717, 1.165) is 10.0 Å². The number of rotatable bonds is 6. The normalized spacial score (nSPS) is 11.0. The van der Waals surface area contributed by atoms with Crippen LogP contribution in [0.5, 0.6) is 5.75 Å². The topological polar surface area (TPSA) is 62.1 Å². The number of amides is 1. The Labute approximate surface area is 197 Å². The summed E-state index contributed by atoms with van der Waals surface area (Å²) >= 11 is 15.2. The van der Waals surface area contributed by atoms with Gasteiger partial charge in [0.25, 0.3) is 5.91 Å². The van der Waals surface area contributed by atoms with E-state index in [-0.39, 0.29) is 23.0 Å². The molecule has 0 aliphatic rings. The Morgan fingerprint density at radius 3 is 2.52 bits per heavy atom. The maximum absolute atomic E-state index is 13.1. The summed E-state index contributed by atoms with van der Waals surface area (Å²) in [5.41, 5.74) is 1.58. The predicted molar refractivity (Wildman–Crippen MR) is 124 cm³/mol. The van der Waals surface area contributed by atoms with E-state index in [1.165, 1.54) is 24.3 Å². The standard InChI is InChI=1S/C23H14BrCl2FN2O2/c24-17-3-8-22(31-13-14-1-4-18(27)5-2-14)15(10-17)9-16(12-28)23(30)29-19-6-7-20(25)21(26)11-19/h1-11H,13H2,(H,29,30)/b16-9+. The summed E-state index contributed by atoms with van der Waals surface area (Å²) in [6, 6.07) is 17.7. The Balaban J connectivity index is 1.82. The van der Waals surface area contributed by atoms with E-state index in [9.17, 15) is 14.4 Å². The van der Waals surface area contributed by atoms with Gasteiger partial charge in [0.15, 0.2) is 0 Å². The van der Waals surface area contributed by atoms with Crippen molar-refractivity contribution in [3.05, 3.63) is 97.7 Å². The number of ether oxygens (including phenoxy) is 1. The van der Waals surface area contributed by atoms with Gasteiger partial charge >= 0.3 is 0 Å². The first-order valence-corrected chi connectivity index (χ1v) is 10.5. The van der Waals surface area contributed by atoms with Crippen LogP contribution in [0.2, 0.25) is 10.0 Å². The molecule has 0 aromatic heterocycles. The SMILES string of the molecule is N#C/C(=C\c1cc(Br)ccc1OCc1ccc(F)cc1)C(=O)Nc1ccc(Cl)c(Cl)c1. The molecule has 0 saturated carbocycles. The second-order valence-corrected chi connectivity index (χ2v) is 8.08. The molecule has 0 radical (unpaired) electrons. The third-order valence-corrected chi connectivity index (χ3v) is 5.35. The molecule has 1 amide bonds. The van der Waals surface area contributed by atoms with Crippen molar-refractivity contribution in [2.75, 3.05) is 5.32 Å². The first-order valence-electron chi connectivity index (χ1n) is 8.90. The Kier molecular flexibility index (Phi) is 7.69. The van der Waals surface area contributed by atoms with Crippen molar-refractivity contribution in [1.29, 1.82) is 5.26 Å². The van der Waals surface area contributed by atoms with Gasteiger partial charge < -0.3 is 10.1 Å². The number of halogens is 4. The number of nitrogens with one attached hydrogen (secondary N) is 1. The number of hydrogen-bond donors (Lipinski definition) is 1. The third kappa shape index (κ3) is 6.31. The molecular formula is C23H14BrCl2FN2O2. The molecule has 1 N–H and O–H groups in total. The van der Waals surface area contributed by atoms with Gasteiger partial charge in [-0.2, -0.15) is 5.26 Å². The lowest BCUT2D eigenvalue weighted by Crippen LogP contribution is -2.13. The van der Waals surface area contributed by atoms with Crippen LogP contribution in [-0.4, -0.2) is 5.91 Å². The summed E-state index contributed by atoms with van der Waals surface area (Å²) < 4.78 is 19.7. The van der Waals surface area contributed by atoms with Gasteiger partial charge in [-0.1, -0.05) is 51.3 Å². The van der Waals surface area contributed by atoms with Crippen molar-refractivity contribution in [1.82, 2.24) is 0 Å². The van der Waals surface area contributed by atoms with Gasteiger partial charge in [0.2, 0.25) is 0 Å². The number of carbonyl (C=O) groups excluding carboxylic acids is 1. The fourth-order valence-corrected chi connectivity index (χ4v) is 3.26.